The Morgan fingerprint density at radius 1 is 1.27 bits per heavy atom. The maximum atomic E-state index is 12.8. The number of hydrogen-bond donors (Lipinski definition) is 1. The number of carbonyl (C=O) groups is 1. The Kier molecular flexibility index (Phi) is 6.16. The Morgan fingerprint density at radius 3 is 2.73 bits per heavy atom. The molecule has 0 radical (unpaired) electrons. The lowest BCUT2D eigenvalue weighted by Crippen LogP contribution is -2.57. The van der Waals surface area contributed by atoms with E-state index in [4.69, 9.17) is 21.4 Å². The van der Waals surface area contributed by atoms with Gasteiger partial charge in [0.25, 0.3) is 0 Å². The molecule has 0 saturated carbocycles. The molecule has 9 heteroatoms. The number of nitriles is 1. The van der Waals surface area contributed by atoms with Crippen molar-refractivity contribution in [3.05, 3.63) is 63.6 Å². The number of carbonyl (C=O) groups excluding carboxylic acids is 1. The second kappa shape index (κ2) is 8.98. The molecular formula is C21H19ClN4O3S. The normalized spacial score (nSPS) is 17.3. The fourth-order valence-corrected chi connectivity index (χ4v) is 4.49. The van der Waals surface area contributed by atoms with Gasteiger partial charge >= 0.3 is 0 Å². The summed E-state index contributed by atoms with van der Waals surface area (Å²) in [5, 5.41) is 22.9. The SMILES string of the molecule is N#Cc1ccc(CN2C(=O)CN(Cc3cc(-c4ccc(Cl)s4)on3)CC2CO)cc1. The van der Waals surface area contributed by atoms with Crippen LogP contribution in [0.25, 0.3) is 10.6 Å². The van der Waals surface area contributed by atoms with Crippen LogP contribution in [0.2, 0.25) is 4.34 Å². The summed E-state index contributed by atoms with van der Waals surface area (Å²) < 4.78 is 6.09. The van der Waals surface area contributed by atoms with E-state index in [9.17, 15) is 9.90 Å². The molecule has 1 aliphatic rings. The van der Waals surface area contributed by atoms with Crippen molar-refractivity contribution in [2.75, 3.05) is 19.7 Å². The van der Waals surface area contributed by atoms with E-state index >= 15 is 0 Å². The van der Waals surface area contributed by atoms with Crippen LogP contribution in [0.15, 0.2) is 47.0 Å². The highest BCUT2D eigenvalue weighted by atomic mass is 35.5. The third kappa shape index (κ3) is 4.55. The number of benzene rings is 1. The fraction of sp³-hybridized carbons (Fsp3) is 0.286. The molecule has 2 aromatic heterocycles. The quantitative estimate of drug-likeness (QED) is 0.630. The summed E-state index contributed by atoms with van der Waals surface area (Å²) in [6, 6.07) is 14.4. The monoisotopic (exact) mass is 442 g/mol. The number of rotatable bonds is 6. The highest BCUT2D eigenvalue weighted by Crippen LogP contribution is 2.31. The first-order valence-electron chi connectivity index (χ1n) is 9.38. The standard InChI is InChI=1S/C21H19ClN4O3S/c22-20-6-5-19(30-20)18-7-16(24-29-18)10-25-11-17(13-27)26(21(28)12-25)9-15-3-1-14(8-23)2-4-15/h1-7,17,27H,9-13H2. The zero-order chi connectivity index (χ0) is 21.1. The Bertz CT molecular complexity index is 1070. The number of aliphatic hydroxyl groups is 1. The molecular weight excluding hydrogens is 424 g/mol. The number of amides is 1. The van der Waals surface area contributed by atoms with Crippen molar-refractivity contribution in [2.45, 2.75) is 19.1 Å². The van der Waals surface area contributed by atoms with Gasteiger partial charge in [-0.3, -0.25) is 9.69 Å². The van der Waals surface area contributed by atoms with Gasteiger partial charge in [0.2, 0.25) is 5.91 Å². The van der Waals surface area contributed by atoms with Gasteiger partial charge in [-0.15, -0.1) is 11.3 Å². The zero-order valence-electron chi connectivity index (χ0n) is 16.0. The van der Waals surface area contributed by atoms with E-state index in [0.717, 1.165) is 16.1 Å². The summed E-state index contributed by atoms with van der Waals surface area (Å²) >= 11 is 7.39. The van der Waals surface area contributed by atoms with Crippen molar-refractivity contribution in [3.63, 3.8) is 0 Å². The number of halogens is 1. The zero-order valence-corrected chi connectivity index (χ0v) is 17.6. The molecule has 30 heavy (non-hydrogen) atoms. The van der Waals surface area contributed by atoms with Crippen LogP contribution in [0.1, 0.15) is 16.8 Å². The average Bonchev–Trinajstić information content (AvgIpc) is 3.39. The van der Waals surface area contributed by atoms with Crippen molar-refractivity contribution < 1.29 is 14.4 Å². The second-order valence-corrected chi connectivity index (χ2v) is 8.84. The molecule has 1 aliphatic heterocycles. The van der Waals surface area contributed by atoms with Crippen LogP contribution in [0, 0.1) is 11.3 Å². The van der Waals surface area contributed by atoms with Crippen LogP contribution in [-0.4, -0.2) is 51.7 Å². The van der Waals surface area contributed by atoms with E-state index in [-0.39, 0.29) is 25.1 Å². The third-order valence-electron chi connectivity index (χ3n) is 5.00. The average molecular weight is 443 g/mol. The van der Waals surface area contributed by atoms with Crippen LogP contribution < -0.4 is 0 Å². The van der Waals surface area contributed by atoms with Crippen LogP contribution >= 0.6 is 22.9 Å². The van der Waals surface area contributed by atoms with Gasteiger partial charge in [0.05, 0.1) is 45.7 Å². The Hall–Kier alpha value is -2.70. The molecule has 1 amide bonds. The minimum atomic E-state index is -0.315. The van der Waals surface area contributed by atoms with Crippen LogP contribution in [-0.2, 0) is 17.9 Å². The number of thiophene rings is 1. The minimum absolute atomic E-state index is 0.0570. The summed E-state index contributed by atoms with van der Waals surface area (Å²) in [5.74, 6) is 0.588. The molecule has 0 bridgehead atoms. The second-order valence-electron chi connectivity index (χ2n) is 7.12. The highest BCUT2D eigenvalue weighted by Gasteiger charge is 2.32. The van der Waals surface area contributed by atoms with Crippen molar-refractivity contribution in [3.8, 4) is 16.7 Å². The van der Waals surface area contributed by atoms with Crippen LogP contribution in [0.4, 0.5) is 0 Å². The number of hydrogen-bond acceptors (Lipinski definition) is 7. The van der Waals surface area contributed by atoms with Crippen molar-refractivity contribution in [1.29, 1.82) is 5.26 Å². The highest BCUT2D eigenvalue weighted by molar-refractivity contribution is 7.19. The minimum Gasteiger partial charge on any atom is -0.394 e. The van der Waals surface area contributed by atoms with Crippen LogP contribution in [0.3, 0.4) is 0 Å². The Morgan fingerprint density at radius 2 is 2.07 bits per heavy atom. The topological polar surface area (TPSA) is 93.6 Å². The number of aromatic nitrogens is 1. The summed E-state index contributed by atoms with van der Waals surface area (Å²) in [6.45, 7) is 1.49. The molecule has 3 heterocycles. The lowest BCUT2D eigenvalue weighted by molar-refractivity contribution is -0.142. The van der Waals surface area contributed by atoms with Gasteiger partial charge in [0.1, 0.15) is 0 Å². The number of aliphatic hydroxyl groups excluding tert-OH is 1. The van der Waals surface area contributed by atoms with Gasteiger partial charge in [-0.25, -0.2) is 0 Å². The van der Waals surface area contributed by atoms with Crippen molar-refractivity contribution in [2.24, 2.45) is 0 Å². The molecule has 1 saturated heterocycles. The molecule has 4 rings (SSSR count). The first-order valence-corrected chi connectivity index (χ1v) is 10.6. The summed E-state index contributed by atoms with van der Waals surface area (Å²) in [7, 11) is 0. The Labute approximate surface area is 182 Å². The molecule has 1 aromatic carbocycles. The number of piperazine rings is 1. The van der Waals surface area contributed by atoms with Gasteiger partial charge in [-0.1, -0.05) is 28.9 Å². The Balaban J connectivity index is 1.41. The van der Waals surface area contributed by atoms with Gasteiger partial charge in [0.15, 0.2) is 5.76 Å². The first-order chi connectivity index (χ1) is 14.6. The predicted octanol–water partition coefficient (Wildman–Crippen LogP) is 3.13. The van der Waals surface area contributed by atoms with E-state index in [1.165, 1.54) is 11.3 Å². The summed E-state index contributed by atoms with van der Waals surface area (Å²) in [4.78, 5) is 17.3. The molecule has 1 unspecified atom stereocenters. The molecule has 1 atom stereocenters. The lowest BCUT2D eigenvalue weighted by Gasteiger charge is -2.40. The van der Waals surface area contributed by atoms with E-state index in [1.54, 1.807) is 23.1 Å². The summed E-state index contributed by atoms with van der Waals surface area (Å²) in [5.41, 5.74) is 2.22. The smallest absolute Gasteiger partial charge is 0.237 e. The van der Waals surface area contributed by atoms with Gasteiger partial charge < -0.3 is 14.5 Å². The van der Waals surface area contributed by atoms with E-state index in [1.807, 2.05) is 29.2 Å². The molecule has 0 aliphatic carbocycles. The van der Waals surface area contributed by atoms with E-state index in [2.05, 4.69) is 11.2 Å². The summed E-state index contributed by atoms with van der Waals surface area (Å²) in [6.07, 6.45) is 0. The largest absolute Gasteiger partial charge is 0.394 e. The van der Waals surface area contributed by atoms with E-state index in [0.29, 0.717) is 35.3 Å². The molecule has 154 valence electrons. The van der Waals surface area contributed by atoms with Crippen LogP contribution in [0.5, 0.6) is 0 Å². The maximum absolute atomic E-state index is 12.8. The van der Waals surface area contributed by atoms with Crippen molar-refractivity contribution >= 4 is 28.8 Å². The first kappa shape index (κ1) is 20.6. The predicted molar refractivity (Wildman–Crippen MR) is 113 cm³/mol. The van der Waals surface area contributed by atoms with E-state index < -0.39 is 0 Å². The lowest BCUT2D eigenvalue weighted by atomic mass is 10.1. The number of nitrogens with zero attached hydrogens (tertiary/aromatic N) is 4. The van der Waals surface area contributed by atoms with Gasteiger partial charge in [-0.2, -0.15) is 5.26 Å². The fourth-order valence-electron chi connectivity index (χ4n) is 3.50. The molecule has 1 N–H and O–H groups in total. The van der Waals surface area contributed by atoms with Gasteiger partial charge in [0, 0.05) is 25.7 Å². The molecule has 1 fully saturated rings. The van der Waals surface area contributed by atoms with Gasteiger partial charge in [-0.05, 0) is 29.8 Å². The molecule has 7 nitrogen and oxygen atoms in total. The van der Waals surface area contributed by atoms with Crippen molar-refractivity contribution in [1.82, 2.24) is 15.0 Å². The molecule has 3 aromatic rings. The molecule has 0 spiro atoms. The maximum Gasteiger partial charge on any atom is 0.237 e. The third-order valence-corrected chi connectivity index (χ3v) is 6.24.